The van der Waals surface area contributed by atoms with Gasteiger partial charge in [0.15, 0.2) is 11.6 Å². The summed E-state index contributed by atoms with van der Waals surface area (Å²) in [4.78, 5) is 17.0. The number of benzene rings is 12. The van der Waals surface area contributed by atoms with E-state index < -0.39 is 5.41 Å². The maximum Gasteiger partial charge on any atom is 0.238 e. The lowest BCUT2D eigenvalue weighted by molar-refractivity contribution is 0.769. The molecule has 0 amide bonds. The molecule has 1 aliphatic carbocycles. The molecule has 2 aromatic heterocycles. The lowest BCUT2D eigenvalue weighted by atomic mass is 9.67. The first kappa shape index (κ1) is 46.7. The van der Waals surface area contributed by atoms with Gasteiger partial charge in [0.25, 0.3) is 0 Å². The van der Waals surface area contributed by atoms with Gasteiger partial charge in [0.05, 0.1) is 16.4 Å². The molecule has 2 heterocycles. The molecule has 0 radical (unpaired) electrons. The second-order valence-electron chi connectivity index (χ2n) is 20.7. The average molecular weight is 1020 g/mol. The van der Waals surface area contributed by atoms with Gasteiger partial charge in [-0.25, -0.2) is 4.98 Å². The van der Waals surface area contributed by atoms with E-state index >= 15 is 0 Å². The third-order valence-electron chi connectivity index (χ3n) is 16.1. The van der Waals surface area contributed by atoms with E-state index in [4.69, 9.17) is 15.0 Å². The highest BCUT2D eigenvalue weighted by Gasteiger charge is 2.46. The van der Waals surface area contributed by atoms with Crippen LogP contribution in [0.1, 0.15) is 22.3 Å². The molecule has 4 nitrogen and oxygen atoms in total. The number of rotatable bonds is 10. The Labute approximate surface area is 465 Å². The lowest BCUT2D eigenvalue weighted by Gasteiger charge is -2.34. The summed E-state index contributed by atoms with van der Waals surface area (Å²) in [5, 5.41) is 2.22. The summed E-state index contributed by atoms with van der Waals surface area (Å²) < 4.78 is 2.30. The van der Waals surface area contributed by atoms with Crippen LogP contribution in [-0.2, 0) is 5.41 Å². The minimum absolute atomic E-state index is 0.524. The van der Waals surface area contributed by atoms with Gasteiger partial charge in [0.2, 0.25) is 5.95 Å². The fourth-order valence-electron chi connectivity index (χ4n) is 12.4. The largest absolute Gasteiger partial charge is 0.278 e. The van der Waals surface area contributed by atoms with Crippen LogP contribution in [0.4, 0.5) is 0 Å². The molecular weight excluding hydrogens is 969 g/mol. The zero-order valence-corrected chi connectivity index (χ0v) is 43.7. The number of hydrogen-bond acceptors (Lipinski definition) is 3. The molecule has 80 heavy (non-hydrogen) atoms. The Hall–Kier alpha value is -10.6. The minimum Gasteiger partial charge on any atom is -0.278 e. The molecule has 0 saturated carbocycles. The summed E-state index contributed by atoms with van der Waals surface area (Å²) in [6.45, 7) is 0. The first-order chi connectivity index (χ1) is 39.6. The predicted octanol–water partition coefficient (Wildman–Crippen LogP) is 19.0. The highest BCUT2D eigenvalue weighted by atomic mass is 15.2. The molecular formula is C76H50N4. The molecule has 14 aromatic rings. The standard InChI is InChI=1S/C76H50N4/c1-8-24-51(25-9-1)56-40-41-71-67(48-56)68-49-66-65-38-22-23-39-69(65)76(63-34-18-6-19-35-63,64-36-20-7-21-37-64)70(66)50-72(68)80(71)75-78-73(61-44-57(52-26-10-2-11-27-52)42-58(45-61)53-28-12-3-13-29-53)77-74(79-75)62-46-59(54-30-14-4-15-31-54)43-60(47-62)55-32-16-5-17-33-55/h1-50H. The Morgan fingerprint density at radius 2 is 0.613 bits per heavy atom. The predicted molar refractivity (Wildman–Crippen MR) is 330 cm³/mol. The monoisotopic (exact) mass is 1020 g/mol. The summed E-state index contributed by atoms with van der Waals surface area (Å²) in [6, 6.07) is 109. The maximum absolute atomic E-state index is 5.71. The first-order valence-corrected chi connectivity index (χ1v) is 27.3. The van der Waals surface area contributed by atoms with Crippen molar-refractivity contribution >= 4 is 21.8 Å². The third kappa shape index (κ3) is 7.96. The van der Waals surface area contributed by atoms with Crippen LogP contribution in [-0.4, -0.2) is 19.5 Å². The molecule has 0 fully saturated rings. The van der Waals surface area contributed by atoms with Gasteiger partial charge in [-0.05, 0) is 150 Å². The van der Waals surface area contributed by atoms with Crippen LogP contribution in [0.15, 0.2) is 303 Å². The van der Waals surface area contributed by atoms with Crippen molar-refractivity contribution in [3.8, 4) is 95.5 Å². The number of aromatic nitrogens is 4. The van der Waals surface area contributed by atoms with Crippen molar-refractivity contribution in [2.75, 3.05) is 0 Å². The highest BCUT2D eigenvalue weighted by molar-refractivity contribution is 6.13. The van der Waals surface area contributed by atoms with Gasteiger partial charge < -0.3 is 0 Å². The zero-order chi connectivity index (χ0) is 53.0. The molecule has 374 valence electrons. The smallest absolute Gasteiger partial charge is 0.238 e. The molecule has 15 rings (SSSR count). The Morgan fingerprint density at radius 3 is 1.06 bits per heavy atom. The molecule has 0 N–H and O–H groups in total. The van der Waals surface area contributed by atoms with Crippen molar-refractivity contribution in [1.82, 2.24) is 19.5 Å². The molecule has 12 aromatic carbocycles. The van der Waals surface area contributed by atoms with Crippen LogP contribution in [0, 0.1) is 0 Å². The van der Waals surface area contributed by atoms with Crippen LogP contribution in [0.2, 0.25) is 0 Å². The third-order valence-corrected chi connectivity index (χ3v) is 16.1. The Balaban J connectivity index is 1.06. The Morgan fingerprint density at radius 1 is 0.237 bits per heavy atom. The fraction of sp³-hybridized carbons (Fsp3) is 0.0132. The maximum atomic E-state index is 5.71. The van der Waals surface area contributed by atoms with E-state index in [1.165, 1.54) is 33.4 Å². The van der Waals surface area contributed by atoms with E-state index in [1.807, 2.05) is 0 Å². The Kier molecular flexibility index (Phi) is 11.4. The number of fused-ring (bicyclic) bond motifs is 6. The van der Waals surface area contributed by atoms with Crippen molar-refractivity contribution in [3.05, 3.63) is 326 Å². The van der Waals surface area contributed by atoms with E-state index in [-0.39, 0.29) is 0 Å². The average Bonchev–Trinajstić information content (AvgIpc) is 4.22. The second kappa shape index (κ2) is 19.5. The minimum atomic E-state index is -0.633. The van der Waals surface area contributed by atoms with Gasteiger partial charge in [0, 0.05) is 21.9 Å². The Bertz CT molecular complexity index is 4300. The first-order valence-electron chi connectivity index (χ1n) is 27.3. The van der Waals surface area contributed by atoms with Crippen LogP contribution < -0.4 is 0 Å². The van der Waals surface area contributed by atoms with Crippen LogP contribution in [0.3, 0.4) is 0 Å². The van der Waals surface area contributed by atoms with E-state index in [2.05, 4.69) is 308 Å². The molecule has 0 atom stereocenters. The summed E-state index contributed by atoms with van der Waals surface area (Å²) in [5.41, 5.74) is 21.4. The van der Waals surface area contributed by atoms with E-state index in [0.717, 1.165) is 88.6 Å². The quantitative estimate of drug-likeness (QED) is 0.137. The van der Waals surface area contributed by atoms with Crippen molar-refractivity contribution in [1.29, 1.82) is 0 Å². The van der Waals surface area contributed by atoms with Crippen LogP contribution in [0.5, 0.6) is 0 Å². The van der Waals surface area contributed by atoms with Crippen LogP contribution >= 0.6 is 0 Å². The van der Waals surface area contributed by atoms with E-state index in [1.54, 1.807) is 0 Å². The fourth-order valence-corrected chi connectivity index (χ4v) is 12.4. The number of hydrogen-bond donors (Lipinski definition) is 0. The van der Waals surface area contributed by atoms with Crippen LogP contribution in [0.25, 0.3) is 117 Å². The molecule has 0 saturated heterocycles. The summed E-state index contributed by atoms with van der Waals surface area (Å²) in [5.74, 6) is 1.66. The van der Waals surface area contributed by atoms with Crippen molar-refractivity contribution in [2.24, 2.45) is 0 Å². The van der Waals surface area contributed by atoms with E-state index in [0.29, 0.717) is 17.6 Å². The molecule has 0 unspecified atom stereocenters. The highest BCUT2D eigenvalue weighted by Crippen LogP contribution is 2.57. The van der Waals surface area contributed by atoms with Gasteiger partial charge >= 0.3 is 0 Å². The summed E-state index contributed by atoms with van der Waals surface area (Å²) >= 11 is 0. The van der Waals surface area contributed by atoms with Crippen molar-refractivity contribution in [2.45, 2.75) is 5.41 Å². The molecule has 0 spiro atoms. The zero-order valence-electron chi connectivity index (χ0n) is 43.7. The second-order valence-corrected chi connectivity index (χ2v) is 20.7. The summed E-state index contributed by atoms with van der Waals surface area (Å²) in [6.07, 6.45) is 0. The normalized spacial score (nSPS) is 12.3. The van der Waals surface area contributed by atoms with Gasteiger partial charge in [-0.3, -0.25) is 4.57 Å². The van der Waals surface area contributed by atoms with E-state index in [9.17, 15) is 0 Å². The SMILES string of the molecule is c1ccc(-c2cc(-c3ccccc3)cc(-c3nc(-c4cc(-c5ccccc5)cc(-c5ccccc5)c4)nc(-n4c5ccc(-c6ccccc6)cc5c5cc6c(cc54)C(c4ccccc4)(c4ccccc4)c4ccccc4-6)n3)c2)cc1. The van der Waals surface area contributed by atoms with Gasteiger partial charge in [-0.1, -0.05) is 243 Å². The van der Waals surface area contributed by atoms with Gasteiger partial charge in [0.1, 0.15) is 0 Å². The van der Waals surface area contributed by atoms with Gasteiger partial charge in [-0.2, -0.15) is 9.97 Å². The molecule has 0 bridgehead atoms. The number of nitrogens with zero attached hydrogens (tertiary/aromatic N) is 4. The van der Waals surface area contributed by atoms with Gasteiger partial charge in [-0.15, -0.1) is 0 Å². The summed E-state index contributed by atoms with van der Waals surface area (Å²) in [7, 11) is 0. The molecule has 1 aliphatic rings. The molecule has 0 aliphatic heterocycles. The lowest BCUT2D eigenvalue weighted by Crippen LogP contribution is -2.28. The van der Waals surface area contributed by atoms with Crippen molar-refractivity contribution in [3.63, 3.8) is 0 Å². The van der Waals surface area contributed by atoms with Crippen molar-refractivity contribution < 1.29 is 0 Å². The topological polar surface area (TPSA) is 43.6 Å². The molecule has 4 heteroatoms.